The highest BCUT2D eigenvalue weighted by Crippen LogP contribution is 2.45. The molecule has 11 heteroatoms. The van der Waals surface area contributed by atoms with E-state index < -0.39 is 23.9 Å². The van der Waals surface area contributed by atoms with Crippen LogP contribution in [-0.4, -0.2) is 49.7 Å². The fourth-order valence-corrected chi connectivity index (χ4v) is 6.01. The molecule has 1 aromatic heterocycles. The smallest absolute Gasteiger partial charge is 0.256 e. The number of rotatable bonds is 14. The van der Waals surface area contributed by atoms with Crippen molar-refractivity contribution in [1.29, 1.82) is 0 Å². The standard InChI is InChI=1S/C39H44ClFN4O5/c1-39(2,3)25-45-32-17-16-27(40)21-30(32)36(50-34(38(45)47)22-35(46)44-23-26-11-5-6-14-31(26)41)29-13-9-15-33(37(29)48-4)49-20-10-18-42-24-28-12-7-8-19-43-28/h5-9,11-17,19,21,34,36,42H,10,18,20,22-25H2,1-4H3,(H,44,46)/t34-,36-/m1/s1. The number of aromatic nitrogens is 1. The number of fused-ring (bicyclic) bond motifs is 1. The van der Waals surface area contributed by atoms with Crippen molar-refractivity contribution in [2.24, 2.45) is 5.41 Å². The molecule has 0 bridgehead atoms. The highest BCUT2D eigenvalue weighted by Gasteiger charge is 2.40. The summed E-state index contributed by atoms with van der Waals surface area (Å²) < 4.78 is 33.0. The molecule has 0 fully saturated rings. The lowest BCUT2D eigenvalue weighted by Crippen LogP contribution is -2.45. The Balaban J connectivity index is 1.41. The lowest BCUT2D eigenvalue weighted by Gasteiger charge is -2.31. The molecule has 2 N–H and O–H groups in total. The number of anilines is 1. The molecular formula is C39H44ClFN4O5. The summed E-state index contributed by atoms with van der Waals surface area (Å²) in [4.78, 5) is 33.6. The van der Waals surface area contributed by atoms with Crippen LogP contribution >= 0.6 is 11.6 Å². The van der Waals surface area contributed by atoms with Gasteiger partial charge in [0.05, 0.1) is 25.8 Å². The van der Waals surface area contributed by atoms with E-state index in [2.05, 4.69) is 15.6 Å². The van der Waals surface area contributed by atoms with Gasteiger partial charge >= 0.3 is 0 Å². The molecule has 0 saturated carbocycles. The number of halogens is 2. The van der Waals surface area contributed by atoms with Crippen LogP contribution in [0.1, 0.15) is 62.1 Å². The van der Waals surface area contributed by atoms with Gasteiger partial charge in [0.25, 0.3) is 5.91 Å². The van der Waals surface area contributed by atoms with Crippen LogP contribution in [0.2, 0.25) is 5.02 Å². The van der Waals surface area contributed by atoms with Crippen LogP contribution in [0.25, 0.3) is 0 Å². The predicted molar refractivity (Wildman–Crippen MR) is 192 cm³/mol. The molecule has 2 amide bonds. The first-order valence-electron chi connectivity index (χ1n) is 16.7. The summed E-state index contributed by atoms with van der Waals surface area (Å²) in [7, 11) is 1.56. The van der Waals surface area contributed by atoms with E-state index in [0.717, 1.165) is 18.7 Å². The molecule has 5 rings (SSSR count). The van der Waals surface area contributed by atoms with Crippen LogP contribution in [0.4, 0.5) is 10.1 Å². The topological polar surface area (TPSA) is 102 Å². The number of carbonyl (C=O) groups is 2. The molecule has 0 unspecified atom stereocenters. The zero-order valence-corrected chi connectivity index (χ0v) is 29.6. The van der Waals surface area contributed by atoms with Gasteiger partial charge in [0.15, 0.2) is 11.5 Å². The lowest BCUT2D eigenvalue weighted by molar-refractivity contribution is -0.138. The predicted octanol–water partition coefficient (Wildman–Crippen LogP) is 7.02. The van der Waals surface area contributed by atoms with Crippen molar-refractivity contribution in [3.05, 3.63) is 118 Å². The van der Waals surface area contributed by atoms with E-state index in [1.807, 2.05) is 63.2 Å². The van der Waals surface area contributed by atoms with E-state index in [1.54, 1.807) is 48.5 Å². The second kappa shape index (κ2) is 16.9. The van der Waals surface area contributed by atoms with Gasteiger partial charge in [0.2, 0.25) is 5.91 Å². The van der Waals surface area contributed by atoms with Crippen molar-refractivity contribution in [2.75, 3.05) is 31.7 Å². The maximum atomic E-state index is 14.3. The summed E-state index contributed by atoms with van der Waals surface area (Å²) in [5, 5.41) is 6.59. The van der Waals surface area contributed by atoms with Gasteiger partial charge in [-0.25, -0.2) is 4.39 Å². The molecule has 264 valence electrons. The molecule has 0 radical (unpaired) electrons. The number of para-hydroxylation sites is 1. The summed E-state index contributed by atoms with van der Waals surface area (Å²) in [6.07, 6.45) is 0.205. The normalized spacial score (nSPS) is 16.0. The minimum atomic E-state index is -1.17. The van der Waals surface area contributed by atoms with Crippen LogP contribution in [0.3, 0.4) is 0 Å². The van der Waals surface area contributed by atoms with Crippen molar-refractivity contribution >= 4 is 29.1 Å². The maximum Gasteiger partial charge on any atom is 0.256 e. The van der Waals surface area contributed by atoms with Crippen LogP contribution in [-0.2, 0) is 27.4 Å². The van der Waals surface area contributed by atoms with Crippen molar-refractivity contribution in [3.63, 3.8) is 0 Å². The largest absolute Gasteiger partial charge is 0.492 e. The molecule has 2 heterocycles. The number of nitrogens with zero attached hydrogens (tertiary/aromatic N) is 2. The first-order chi connectivity index (χ1) is 24.0. The van der Waals surface area contributed by atoms with Gasteiger partial charge in [-0.2, -0.15) is 0 Å². The third kappa shape index (κ3) is 9.59. The summed E-state index contributed by atoms with van der Waals surface area (Å²) in [6, 6.07) is 22.9. The molecule has 1 aliphatic rings. The fraction of sp³-hybridized carbons (Fsp3) is 0.359. The fourth-order valence-electron chi connectivity index (χ4n) is 5.83. The number of nitrogens with one attached hydrogen (secondary N) is 2. The Morgan fingerprint density at radius 2 is 1.82 bits per heavy atom. The molecule has 3 aromatic carbocycles. The SMILES string of the molecule is COc1c(OCCCNCc2ccccn2)cccc1[C@H]1O[C@H](CC(=O)NCc2ccccc2F)C(=O)N(CC(C)(C)C)c2ccc(Cl)cc21. The van der Waals surface area contributed by atoms with E-state index >= 15 is 0 Å². The van der Waals surface area contributed by atoms with Crippen LogP contribution in [0.5, 0.6) is 11.5 Å². The Labute approximate surface area is 298 Å². The Morgan fingerprint density at radius 1 is 1.02 bits per heavy atom. The van der Waals surface area contributed by atoms with Crippen LogP contribution in [0, 0.1) is 11.2 Å². The van der Waals surface area contributed by atoms with Gasteiger partial charge < -0.3 is 29.7 Å². The number of benzene rings is 3. The first-order valence-corrected chi connectivity index (χ1v) is 17.1. The Hall–Kier alpha value is -4.51. The highest BCUT2D eigenvalue weighted by molar-refractivity contribution is 6.30. The minimum absolute atomic E-state index is 0.0245. The Kier molecular flexibility index (Phi) is 12.5. The summed E-state index contributed by atoms with van der Waals surface area (Å²) in [6.45, 7) is 8.25. The monoisotopic (exact) mass is 702 g/mol. The Bertz CT molecular complexity index is 1770. The molecule has 1 aliphatic heterocycles. The third-order valence-corrected chi connectivity index (χ3v) is 8.36. The quantitative estimate of drug-likeness (QED) is 0.136. The number of ether oxygens (including phenoxy) is 3. The average molecular weight is 703 g/mol. The zero-order valence-electron chi connectivity index (χ0n) is 28.9. The Morgan fingerprint density at radius 3 is 2.56 bits per heavy atom. The summed E-state index contributed by atoms with van der Waals surface area (Å²) in [5.41, 5.74) is 2.91. The van der Waals surface area contributed by atoms with Gasteiger partial charge in [0, 0.05) is 53.2 Å². The van der Waals surface area contributed by atoms with Gasteiger partial charge in [-0.05, 0) is 60.8 Å². The van der Waals surface area contributed by atoms with Gasteiger partial charge in [-0.1, -0.05) is 68.8 Å². The summed E-state index contributed by atoms with van der Waals surface area (Å²) in [5.74, 6) is -0.275. The van der Waals surface area contributed by atoms with Crippen molar-refractivity contribution in [1.82, 2.24) is 15.6 Å². The summed E-state index contributed by atoms with van der Waals surface area (Å²) >= 11 is 6.57. The zero-order chi connectivity index (χ0) is 35.7. The van der Waals surface area contributed by atoms with Crippen molar-refractivity contribution < 1.29 is 28.2 Å². The minimum Gasteiger partial charge on any atom is -0.492 e. The number of hydrogen-bond acceptors (Lipinski definition) is 7. The molecule has 0 aliphatic carbocycles. The van der Waals surface area contributed by atoms with Gasteiger partial charge in [0.1, 0.15) is 18.0 Å². The third-order valence-electron chi connectivity index (χ3n) is 8.13. The molecule has 2 atom stereocenters. The van der Waals surface area contributed by atoms with E-state index in [4.69, 9.17) is 25.8 Å². The second-order valence-electron chi connectivity index (χ2n) is 13.3. The van der Waals surface area contributed by atoms with Gasteiger partial charge in [-0.15, -0.1) is 0 Å². The van der Waals surface area contributed by atoms with Crippen molar-refractivity contribution in [2.45, 2.75) is 58.9 Å². The molecular weight excluding hydrogens is 659 g/mol. The van der Waals surface area contributed by atoms with E-state index in [9.17, 15) is 14.0 Å². The van der Waals surface area contributed by atoms with Gasteiger partial charge in [-0.3, -0.25) is 14.6 Å². The van der Waals surface area contributed by atoms with Crippen LogP contribution in [0.15, 0.2) is 85.1 Å². The molecule has 0 saturated heterocycles. The average Bonchev–Trinajstić information content (AvgIpc) is 3.19. The second-order valence-corrected chi connectivity index (χ2v) is 13.8. The maximum absolute atomic E-state index is 14.3. The van der Waals surface area contributed by atoms with E-state index in [0.29, 0.717) is 58.6 Å². The highest BCUT2D eigenvalue weighted by atomic mass is 35.5. The van der Waals surface area contributed by atoms with Crippen LogP contribution < -0.4 is 25.0 Å². The molecule has 4 aromatic rings. The number of methoxy groups -OCH3 is 1. The number of amides is 2. The molecule has 9 nitrogen and oxygen atoms in total. The number of pyridine rings is 1. The molecule has 50 heavy (non-hydrogen) atoms. The first kappa shape index (κ1) is 36.8. The van der Waals surface area contributed by atoms with E-state index in [1.165, 1.54) is 6.07 Å². The van der Waals surface area contributed by atoms with E-state index in [-0.39, 0.29) is 24.3 Å². The molecule has 0 spiro atoms. The van der Waals surface area contributed by atoms with Crippen molar-refractivity contribution in [3.8, 4) is 11.5 Å². The number of carbonyl (C=O) groups excluding carboxylic acids is 2. The number of hydrogen-bond donors (Lipinski definition) is 2. The lowest BCUT2D eigenvalue weighted by atomic mass is 9.94.